The number of carbonyl (C=O) groups excluding carboxylic acids is 2. The van der Waals surface area contributed by atoms with E-state index in [2.05, 4.69) is 10.3 Å². The van der Waals surface area contributed by atoms with Crippen LogP contribution in [0.2, 0.25) is 0 Å². The van der Waals surface area contributed by atoms with Crippen molar-refractivity contribution in [2.45, 2.75) is 43.5 Å². The van der Waals surface area contributed by atoms with E-state index in [4.69, 9.17) is 0 Å². The van der Waals surface area contributed by atoms with Gasteiger partial charge in [0.15, 0.2) is 15.6 Å². The summed E-state index contributed by atoms with van der Waals surface area (Å²) < 4.78 is 22.9. The quantitative estimate of drug-likeness (QED) is 0.602. The Morgan fingerprint density at radius 2 is 2.16 bits per heavy atom. The first-order valence-corrected chi connectivity index (χ1v) is 10.4. The van der Waals surface area contributed by atoms with Gasteiger partial charge >= 0.3 is 0 Å². The zero-order valence-electron chi connectivity index (χ0n) is 14.2. The van der Waals surface area contributed by atoms with E-state index < -0.39 is 15.1 Å². The Morgan fingerprint density at radius 1 is 1.48 bits per heavy atom. The van der Waals surface area contributed by atoms with Gasteiger partial charge in [0, 0.05) is 17.3 Å². The second kappa shape index (κ2) is 7.54. The number of rotatable bonds is 5. The number of Topliss-reactive ketones (excluding diaryl/α,β-unsaturated/α-hetero) is 1. The first-order chi connectivity index (χ1) is 11.6. The SMILES string of the molecule is CC(=O)c1cc(C#N)c(SC(C)C(=O)NC2CCS(=O)(=O)C2)nc1C. The molecule has 1 saturated heterocycles. The molecule has 0 aliphatic carbocycles. The average molecular weight is 381 g/mol. The smallest absolute Gasteiger partial charge is 0.233 e. The summed E-state index contributed by atoms with van der Waals surface area (Å²) in [4.78, 5) is 28.1. The first-order valence-electron chi connectivity index (χ1n) is 7.73. The molecule has 2 heterocycles. The predicted octanol–water partition coefficient (Wildman–Crippen LogP) is 1.25. The van der Waals surface area contributed by atoms with Crippen molar-refractivity contribution < 1.29 is 18.0 Å². The average Bonchev–Trinajstić information content (AvgIpc) is 2.85. The van der Waals surface area contributed by atoms with Crippen molar-refractivity contribution >= 4 is 33.3 Å². The summed E-state index contributed by atoms with van der Waals surface area (Å²) in [5, 5.41) is 11.8. The number of nitrogens with one attached hydrogen (secondary N) is 1. The molecule has 1 aromatic heterocycles. The van der Waals surface area contributed by atoms with Crippen molar-refractivity contribution in [2.75, 3.05) is 11.5 Å². The Labute approximate surface area is 151 Å². The van der Waals surface area contributed by atoms with Crippen LogP contribution in [0.15, 0.2) is 11.1 Å². The van der Waals surface area contributed by atoms with E-state index in [0.717, 1.165) is 11.8 Å². The van der Waals surface area contributed by atoms with Gasteiger partial charge in [-0.15, -0.1) is 0 Å². The number of hydrogen-bond acceptors (Lipinski definition) is 7. The molecule has 2 atom stereocenters. The maximum atomic E-state index is 12.3. The maximum Gasteiger partial charge on any atom is 0.233 e. The fraction of sp³-hybridized carbons (Fsp3) is 0.500. The van der Waals surface area contributed by atoms with Crippen LogP contribution < -0.4 is 5.32 Å². The number of nitrogens with zero attached hydrogens (tertiary/aromatic N) is 2. The van der Waals surface area contributed by atoms with E-state index >= 15 is 0 Å². The van der Waals surface area contributed by atoms with E-state index in [-0.39, 0.29) is 34.8 Å². The van der Waals surface area contributed by atoms with Crippen molar-refractivity contribution in [1.82, 2.24) is 10.3 Å². The number of aryl methyl sites for hydroxylation is 1. The molecule has 0 bridgehead atoms. The number of sulfone groups is 1. The largest absolute Gasteiger partial charge is 0.351 e. The molecule has 25 heavy (non-hydrogen) atoms. The normalized spacial score (nSPS) is 19.8. The summed E-state index contributed by atoms with van der Waals surface area (Å²) in [7, 11) is -3.06. The highest BCUT2D eigenvalue weighted by Gasteiger charge is 2.30. The zero-order valence-corrected chi connectivity index (χ0v) is 15.8. The summed E-state index contributed by atoms with van der Waals surface area (Å²) in [6.45, 7) is 4.75. The van der Waals surface area contributed by atoms with Crippen LogP contribution in [-0.2, 0) is 14.6 Å². The lowest BCUT2D eigenvalue weighted by Crippen LogP contribution is -2.40. The lowest BCUT2D eigenvalue weighted by Gasteiger charge is -2.16. The van der Waals surface area contributed by atoms with E-state index in [1.165, 1.54) is 13.0 Å². The molecular formula is C16H19N3O4S2. The highest BCUT2D eigenvalue weighted by atomic mass is 32.2. The minimum atomic E-state index is -3.06. The highest BCUT2D eigenvalue weighted by molar-refractivity contribution is 8.00. The standard InChI is InChI=1S/C16H19N3O4S2/c1-9-14(10(2)20)6-12(7-17)16(18-9)24-11(3)15(21)19-13-4-5-25(22,23)8-13/h6,11,13H,4-5,8H2,1-3H3,(H,19,21). The van der Waals surface area contributed by atoms with Crippen LogP contribution in [0.3, 0.4) is 0 Å². The molecule has 1 aliphatic rings. The Hall–Kier alpha value is -1.92. The van der Waals surface area contributed by atoms with Gasteiger partial charge in [-0.3, -0.25) is 9.59 Å². The Balaban J connectivity index is 2.11. The number of thioether (sulfide) groups is 1. The van der Waals surface area contributed by atoms with Crippen LogP contribution >= 0.6 is 11.8 Å². The van der Waals surface area contributed by atoms with Crippen LogP contribution in [0.4, 0.5) is 0 Å². The molecule has 0 aromatic carbocycles. The van der Waals surface area contributed by atoms with Gasteiger partial charge in [-0.05, 0) is 33.3 Å². The van der Waals surface area contributed by atoms with Gasteiger partial charge in [0.2, 0.25) is 5.91 Å². The molecule has 7 nitrogen and oxygen atoms in total. The third-order valence-corrected chi connectivity index (χ3v) is 6.78. The number of aromatic nitrogens is 1. The molecule has 0 spiro atoms. The van der Waals surface area contributed by atoms with Crippen molar-refractivity contribution in [3.05, 3.63) is 22.9 Å². The number of hydrogen-bond donors (Lipinski definition) is 1. The van der Waals surface area contributed by atoms with Gasteiger partial charge in [0.25, 0.3) is 0 Å². The summed E-state index contributed by atoms with van der Waals surface area (Å²) in [6, 6.07) is 3.12. The number of nitriles is 1. The number of amides is 1. The minimum Gasteiger partial charge on any atom is -0.351 e. The second-order valence-electron chi connectivity index (χ2n) is 6.01. The topological polar surface area (TPSA) is 117 Å². The van der Waals surface area contributed by atoms with E-state index in [0.29, 0.717) is 22.7 Å². The Morgan fingerprint density at radius 3 is 2.68 bits per heavy atom. The van der Waals surface area contributed by atoms with Crippen molar-refractivity contribution in [3.63, 3.8) is 0 Å². The molecule has 2 unspecified atom stereocenters. The summed E-state index contributed by atoms with van der Waals surface area (Å²) in [6.07, 6.45) is 0.416. The monoisotopic (exact) mass is 381 g/mol. The lowest BCUT2D eigenvalue weighted by atomic mass is 10.1. The van der Waals surface area contributed by atoms with Crippen LogP contribution in [-0.4, -0.2) is 47.9 Å². The van der Waals surface area contributed by atoms with E-state index in [9.17, 15) is 23.3 Å². The predicted molar refractivity (Wildman–Crippen MR) is 94.2 cm³/mol. The van der Waals surface area contributed by atoms with E-state index in [1.807, 2.05) is 6.07 Å². The Kier molecular flexibility index (Phi) is 5.85. The third kappa shape index (κ3) is 4.80. The van der Waals surface area contributed by atoms with Gasteiger partial charge in [0.1, 0.15) is 11.1 Å². The van der Waals surface area contributed by atoms with Gasteiger partial charge < -0.3 is 5.32 Å². The molecule has 1 fully saturated rings. The maximum absolute atomic E-state index is 12.3. The Bertz CT molecular complexity index is 859. The molecule has 0 radical (unpaired) electrons. The van der Waals surface area contributed by atoms with Gasteiger partial charge in [-0.25, -0.2) is 13.4 Å². The van der Waals surface area contributed by atoms with Crippen molar-refractivity contribution in [1.29, 1.82) is 5.26 Å². The third-order valence-electron chi connectivity index (χ3n) is 3.91. The molecule has 1 amide bonds. The fourth-order valence-electron chi connectivity index (χ4n) is 2.56. The van der Waals surface area contributed by atoms with Crippen LogP contribution in [0, 0.1) is 18.3 Å². The van der Waals surface area contributed by atoms with E-state index in [1.54, 1.807) is 13.8 Å². The van der Waals surface area contributed by atoms with Crippen molar-refractivity contribution in [3.8, 4) is 6.07 Å². The van der Waals surface area contributed by atoms with Crippen LogP contribution in [0.1, 0.15) is 41.9 Å². The summed E-state index contributed by atoms with van der Waals surface area (Å²) in [5.41, 5.74) is 1.13. The molecule has 1 N–H and O–H groups in total. The highest BCUT2D eigenvalue weighted by Crippen LogP contribution is 2.27. The van der Waals surface area contributed by atoms with Crippen molar-refractivity contribution in [2.24, 2.45) is 0 Å². The fourth-order valence-corrected chi connectivity index (χ4v) is 5.16. The zero-order chi connectivity index (χ0) is 18.8. The molecular weight excluding hydrogens is 362 g/mol. The second-order valence-corrected chi connectivity index (χ2v) is 9.57. The van der Waals surface area contributed by atoms with Gasteiger partial charge in [-0.1, -0.05) is 11.8 Å². The van der Waals surface area contributed by atoms with Gasteiger partial charge in [-0.2, -0.15) is 5.26 Å². The molecule has 9 heteroatoms. The van der Waals surface area contributed by atoms with Crippen LogP contribution in [0.25, 0.3) is 0 Å². The number of carbonyl (C=O) groups is 2. The lowest BCUT2D eigenvalue weighted by molar-refractivity contribution is -0.120. The minimum absolute atomic E-state index is 0.0375. The molecule has 1 aromatic rings. The molecule has 2 rings (SSSR count). The van der Waals surface area contributed by atoms with Gasteiger partial charge in [0.05, 0.1) is 22.3 Å². The number of pyridine rings is 1. The van der Waals surface area contributed by atoms with Crippen LogP contribution in [0.5, 0.6) is 0 Å². The summed E-state index contributed by atoms with van der Waals surface area (Å²) in [5.74, 6) is -0.424. The molecule has 0 saturated carbocycles. The number of ketones is 1. The first kappa shape index (κ1) is 19.4. The molecule has 1 aliphatic heterocycles. The molecule has 134 valence electrons. The summed E-state index contributed by atoms with van der Waals surface area (Å²) >= 11 is 1.11.